The maximum Gasteiger partial charge on any atom is 0.326 e. The largest absolute Gasteiger partial charge is 0.480 e. The minimum Gasteiger partial charge on any atom is -0.480 e. The zero-order valence-electron chi connectivity index (χ0n) is 12.9. The molecule has 21 heavy (non-hydrogen) atoms. The molecule has 0 aliphatic carbocycles. The number of carboxylic acids is 1. The molecule has 1 heterocycles. The molecular weight excluding hydrogens is 272 g/mol. The van der Waals surface area contributed by atoms with Gasteiger partial charge in [-0.1, -0.05) is 27.7 Å². The van der Waals surface area contributed by atoms with Gasteiger partial charge in [-0.15, -0.1) is 0 Å². The minimum absolute atomic E-state index is 0.0561. The van der Waals surface area contributed by atoms with Crippen LogP contribution in [0.5, 0.6) is 0 Å². The lowest BCUT2D eigenvalue weighted by molar-refractivity contribution is -0.139. The monoisotopic (exact) mass is 296 g/mol. The number of amides is 2. The number of H-pyrrole nitrogens is 1. The molecule has 4 N–H and O–H groups in total. The second-order valence-electron chi connectivity index (χ2n) is 6.14. The quantitative estimate of drug-likeness (QED) is 0.610. The number of rotatable bonds is 7. The third-order valence-corrected chi connectivity index (χ3v) is 3.85. The summed E-state index contributed by atoms with van der Waals surface area (Å²) >= 11 is 0. The molecular formula is C14H24N4O3. The first kappa shape index (κ1) is 17.0. The van der Waals surface area contributed by atoms with Crippen molar-refractivity contribution in [3.05, 3.63) is 18.2 Å². The molecule has 0 unspecified atom stereocenters. The number of carboxylic acid groups (broad SMARTS) is 1. The molecule has 0 aliphatic rings. The molecule has 1 atom stereocenters. The number of carbonyl (C=O) groups excluding carboxylic acids is 1. The number of aromatic nitrogens is 2. The Bertz CT molecular complexity index is 469. The van der Waals surface area contributed by atoms with Crippen molar-refractivity contribution in [2.75, 3.05) is 6.54 Å². The van der Waals surface area contributed by atoms with Crippen LogP contribution in [-0.2, 0) is 11.2 Å². The summed E-state index contributed by atoms with van der Waals surface area (Å²) in [6.07, 6.45) is 3.17. The molecule has 0 saturated heterocycles. The van der Waals surface area contributed by atoms with Crippen LogP contribution in [0.4, 0.5) is 4.79 Å². The Morgan fingerprint density at radius 2 is 2.10 bits per heavy atom. The summed E-state index contributed by atoms with van der Waals surface area (Å²) in [6, 6.07) is -1.47. The maximum absolute atomic E-state index is 11.8. The minimum atomic E-state index is -1.08. The Morgan fingerprint density at radius 1 is 1.43 bits per heavy atom. The molecule has 0 aliphatic heterocycles. The Kier molecular flexibility index (Phi) is 5.75. The van der Waals surface area contributed by atoms with Gasteiger partial charge in [-0.05, 0) is 11.3 Å². The number of carbonyl (C=O) groups is 2. The van der Waals surface area contributed by atoms with Gasteiger partial charge in [0.05, 0.1) is 6.33 Å². The Hall–Kier alpha value is -2.05. The van der Waals surface area contributed by atoms with Gasteiger partial charge in [0, 0.05) is 24.9 Å². The average Bonchev–Trinajstić information content (AvgIpc) is 2.88. The van der Waals surface area contributed by atoms with E-state index >= 15 is 0 Å². The Balaban J connectivity index is 2.52. The fourth-order valence-electron chi connectivity index (χ4n) is 1.54. The smallest absolute Gasteiger partial charge is 0.326 e. The predicted octanol–water partition coefficient (Wildman–Crippen LogP) is 1.39. The molecule has 1 aromatic rings. The van der Waals surface area contributed by atoms with Crippen molar-refractivity contribution in [2.45, 2.75) is 40.2 Å². The summed E-state index contributed by atoms with van der Waals surface area (Å²) in [5.74, 6) is -0.680. The van der Waals surface area contributed by atoms with Gasteiger partial charge in [-0.2, -0.15) is 0 Å². The highest BCUT2D eigenvalue weighted by atomic mass is 16.4. The van der Waals surface area contributed by atoms with E-state index in [2.05, 4.69) is 48.3 Å². The van der Waals surface area contributed by atoms with Gasteiger partial charge in [-0.25, -0.2) is 14.6 Å². The van der Waals surface area contributed by atoms with Crippen molar-refractivity contribution >= 4 is 12.0 Å². The number of hydrogen-bond donors (Lipinski definition) is 4. The highest BCUT2D eigenvalue weighted by Crippen LogP contribution is 2.24. The lowest BCUT2D eigenvalue weighted by Gasteiger charge is -2.29. The molecule has 2 amide bonds. The van der Waals surface area contributed by atoms with E-state index in [-0.39, 0.29) is 11.8 Å². The molecule has 118 valence electrons. The van der Waals surface area contributed by atoms with Crippen LogP contribution in [0.15, 0.2) is 12.5 Å². The van der Waals surface area contributed by atoms with Gasteiger partial charge >= 0.3 is 12.0 Å². The van der Waals surface area contributed by atoms with Crippen molar-refractivity contribution in [1.82, 2.24) is 20.6 Å². The Labute approximate surface area is 124 Å². The summed E-state index contributed by atoms with van der Waals surface area (Å²) in [7, 11) is 0. The molecule has 0 bridgehead atoms. The van der Waals surface area contributed by atoms with Gasteiger partial charge in [0.2, 0.25) is 0 Å². The van der Waals surface area contributed by atoms with Crippen LogP contribution in [0, 0.1) is 11.3 Å². The number of aliphatic carboxylic acids is 1. The molecule has 1 rings (SSSR count). The van der Waals surface area contributed by atoms with Crippen molar-refractivity contribution in [3.8, 4) is 0 Å². The highest BCUT2D eigenvalue weighted by molar-refractivity contribution is 5.82. The second-order valence-corrected chi connectivity index (χ2v) is 6.14. The molecule has 0 radical (unpaired) electrons. The van der Waals surface area contributed by atoms with E-state index in [0.29, 0.717) is 18.2 Å². The van der Waals surface area contributed by atoms with Gasteiger partial charge in [0.1, 0.15) is 6.04 Å². The van der Waals surface area contributed by atoms with Crippen LogP contribution in [0.2, 0.25) is 0 Å². The van der Waals surface area contributed by atoms with E-state index in [4.69, 9.17) is 5.11 Å². The normalized spacial score (nSPS) is 13.0. The van der Waals surface area contributed by atoms with Gasteiger partial charge in [-0.3, -0.25) is 0 Å². The first-order valence-electron chi connectivity index (χ1n) is 6.97. The van der Waals surface area contributed by atoms with E-state index in [1.807, 2.05) is 0 Å². The first-order valence-corrected chi connectivity index (χ1v) is 6.97. The predicted molar refractivity (Wildman–Crippen MR) is 78.9 cm³/mol. The van der Waals surface area contributed by atoms with Crippen molar-refractivity contribution in [2.24, 2.45) is 11.3 Å². The number of imidazole rings is 1. The summed E-state index contributed by atoms with van der Waals surface area (Å²) in [6.45, 7) is 8.75. The second kappa shape index (κ2) is 7.10. The van der Waals surface area contributed by atoms with Crippen LogP contribution >= 0.6 is 0 Å². The fourth-order valence-corrected chi connectivity index (χ4v) is 1.54. The molecule has 7 heteroatoms. The number of nitrogens with zero attached hydrogens (tertiary/aromatic N) is 1. The Morgan fingerprint density at radius 3 is 2.57 bits per heavy atom. The SMILES string of the molecule is CC(C)C(C)(C)CNC(=O)N[C@@H](Cc1cnc[nH]1)C(=O)O. The molecule has 7 nitrogen and oxygen atoms in total. The van der Waals surface area contributed by atoms with E-state index in [9.17, 15) is 9.59 Å². The van der Waals surface area contributed by atoms with E-state index in [1.54, 1.807) is 0 Å². The average molecular weight is 296 g/mol. The molecule has 0 saturated carbocycles. The van der Waals surface area contributed by atoms with Crippen LogP contribution in [0.3, 0.4) is 0 Å². The zero-order chi connectivity index (χ0) is 16.0. The lowest BCUT2D eigenvalue weighted by atomic mass is 9.81. The lowest BCUT2D eigenvalue weighted by Crippen LogP contribution is -2.49. The maximum atomic E-state index is 11.8. The first-order chi connectivity index (χ1) is 9.72. The van der Waals surface area contributed by atoms with E-state index in [0.717, 1.165) is 0 Å². The van der Waals surface area contributed by atoms with Crippen LogP contribution in [-0.4, -0.2) is 39.7 Å². The number of aromatic amines is 1. The van der Waals surface area contributed by atoms with Crippen molar-refractivity contribution in [1.29, 1.82) is 0 Å². The van der Waals surface area contributed by atoms with E-state index < -0.39 is 18.0 Å². The number of hydrogen-bond acceptors (Lipinski definition) is 3. The van der Waals surface area contributed by atoms with Gasteiger partial charge in [0.25, 0.3) is 0 Å². The topological polar surface area (TPSA) is 107 Å². The van der Waals surface area contributed by atoms with Crippen LogP contribution < -0.4 is 10.6 Å². The van der Waals surface area contributed by atoms with Gasteiger partial charge in [0.15, 0.2) is 0 Å². The number of urea groups is 1. The fraction of sp³-hybridized carbons (Fsp3) is 0.643. The summed E-state index contributed by atoms with van der Waals surface area (Å²) in [4.78, 5) is 29.7. The molecule has 0 spiro atoms. The summed E-state index contributed by atoms with van der Waals surface area (Å²) < 4.78 is 0. The third-order valence-electron chi connectivity index (χ3n) is 3.85. The standard InChI is InChI=1S/C14H24N4O3/c1-9(2)14(3,4)7-16-13(21)18-11(12(19)20)5-10-6-15-8-17-10/h6,8-9,11H,5,7H2,1-4H3,(H,15,17)(H,19,20)(H2,16,18,21)/t11-/m0/s1. The highest BCUT2D eigenvalue weighted by Gasteiger charge is 2.25. The van der Waals surface area contributed by atoms with Crippen molar-refractivity contribution in [3.63, 3.8) is 0 Å². The molecule has 1 aromatic heterocycles. The number of nitrogens with one attached hydrogen (secondary N) is 3. The summed E-state index contributed by atoms with van der Waals surface area (Å²) in [5, 5.41) is 14.4. The van der Waals surface area contributed by atoms with Crippen molar-refractivity contribution < 1.29 is 14.7 Å². The van der Waals surface area contributed by atoms with E-state index in [1.165, 1.54) is 12.5 Å². The summed E-state index contributed by atoms with van der Waals surface area (Å²) in [5.41, 5.74) is 0.601. The van der Waals surface area contributed by atoms with Crippen LogP contribution in [0.25, 0.3) is 0 Å². The zero-order valence-corrected chi connectivity index (χ0v) is 12.9. The van der Waals surface area contributed by atoms with Crippen LogP contribution in [0.1, 0.15) is 33.4 Å². The third kappa shape index (κ3) is 5.45. The molecule has 0 fully saturated rings. The van der Waals surface area contributed by atoms with Gasteiger partial charge < -0.3 is 20.7 Å². The molecule has 0 aromatic carbocycles.